The first-order chi connectivity index (χ1) is 9.69. The Labute approximate surface area is 117 Å². The number of anilines is 3. The summed E-state index contributed by atoms with van der Waals surface area (Å²) in [6.07, 6.45) is 3.43. The summed E-state index contributed by atoms with van der Waals surface area (Å²) in [5.41, 5.74) is 1.51. The van der Waals surface area contributed by atoms with E-state index in [0.29, 0.717) is 18.1 Å². The van der Waals surface area contributed by atoms with E-state index in [9.17, 15) is 4.79 Å². The van der Waals surface area contributed by atoms with Crippen molar-refractivity contribution >= 4 is 23.2 Å². The zero-order valence-corrected chi connectivity index (χ0v) is 11.3. The molecular formula is C15H16N4O. The molecule has 2 N–H and O–H groups in total. The lowest BCUT2D eigenvalue weighted by atomic mass is 10.1. The summed E-state index contributed by atoms with van der Waals surface area (Å²) in [5.74, 6) is 1.26. The number of benzene rings is 1. The molecule has 0 unspecified atom stereocenters. The van der Waals surface area contributed by atoms with E-state index in [1.165, 1.54) is 0 Å². The van der Waals surface area contributed by atoms with Gasteiger partial charge in [0.1, 0.15) is 5.82 Å². The van der Waals surface area contributed by atoms with Crippen LogP contribution in [0.15, 0.2) is 49.2 Å². The van der Waals surface area contributed by atoms with Gasteiger partial charge in [0.15, 0.2) is 5.78 Å². The molecule has 0 aliphatic rings. The van der Waals surface area contributed by atoms with E-state index in [2.05, 4.69) is 27.2 Å². The highest BCUT2D eigenvalue weighted by Gasteiger charge is 2.01. The van der Waals surface area contributed by atoms with E-state index < -0.39 is 0 Å². The Hall–Kier alpha value is -2.69. The highest BCUT2D eigenvalue weighted by molar-refractivity contribution is 5.94. The largest absolute Gasteiger partial charge is 0.366 e. The molecular weight excluding hydrogens is 252 g/mol. The van der Waals surface area contributed by atoms with Gasteiger partial charge in [-0.1, -0.05) is 6.08 Å². The van der Waals surface area contributed by atoms with Gasteiger partial charge in [-0.3, -0.25) is 4.79 Å². The number of nitrogens with zero attached hydrogens (tertiary/aromatic N) is 2. The Bertz CT molecular complexity index is 608. The van der Waals surface area contributed by atoms with Gasteiger partial charge in [0.2, 0.25) is 5.95 Å². The van der Waals surface area contributed by atoms with Gasteiger partial charge in [0.05, 0.1) is 0 Å². The van der Waals surface area contributed by atoms with Crippen molar-refractivity contribution in [2.45, 2.75) is 6.92 Å². The maximum atomic E-state index is 11.2. The zero-order valence-electron chi connectivity index (χ0n) is 11.3. The molecule has 20 heavy (non-hydrogen) atoms. The summed E-state index contributed by atoms with van der Waals surface area (Å²) in [4.78, 5) is 19.7. The van der Waals surface area contributed by atoms with Crippen LogP contribution in [0.25, 0.3) is 0 Å². The summed E-state index contributed by atoms with van der Waals surface area (Å²) >= 11 is 0. The normalized spacial score (nSPS) is 9.85. The fourth-order valence-electron chi connectivity index (χ4n) is 1.61. The maximum Gasteiger partial charge on any atom is 0.229 e. The van der Waals surface area contributed by atoms with Crippen LogP contribution in [0.2, 0.25) is 0 Å². The van der Waals surface area contributed by atoms with Gasteiger partial charge in [-0.25, -0.2) is 4.98 Å². The van der Waals surface area contributed by atoms with E-state index in [0.717, 1.165) is 11.5 Å². The SMILES string of the molecule is C=CCNc1ccnc(Nc2ccc(C(C)=O)cc2)n1. The lowest BCUT2D eigenvalue weighted by molar-refractivity contribution is 0.101. The second-order valence-electron chi connectivity index (χ2n) is 4.19. The Kier molecular flexibility index (Phi) is 4.44. The summed E-state index contributed by atoms with van der Waals surface area (Å²) in [6.45, 7) is 5.82. The molecule has 5 nitrogen and oxygen atoms in total. The van der Waals surface area contributed by atoms with Crippen LogP contribution in [0.1, 0.15) is 17.3 Å². The molecule has 0 atom stereocenters. The summed E-state index contributed by atoms with van der Waals surface area (Å²) in [5, 5.41) is 6.18. The third kappa shape index (κ3) is 3.65. The highest BCUT2D eigenvalue weighted by atomic mass is 16.1. The molecule has 2 aromatic rings. The first-order valence-corrected chi connectivity index (χ1v) is 6.25. The predicted molar refractivity (Wildman–Crippen MR) is 80.4 cm³/mol. The third-order valence-corrected chi connectivity index (χ3v) is 2.63. The molecule has 1 aromatic heterocycles. The molecule has 0 aliphatic carbocycles. The van der Waals surface area contributed by atoms with Gasteiger partial charge in [-0.15, -0.1) is 6.58 Å². The summed E-state index contributed by atoms with van der Waals surface area (Å²) < 4.78 is 0. The molecule has 0 saturated heterocycles. The molecule has 1 aromatic carbocycles. The second kappa shape index (κ2) is 6.47. The predicted octanol–water partition coefficient (Wildman–Crippen LogP) is 3.02. The standard InChI is InChI=1S/C15H16N4O/c1-3-9-16-14-8-10-17-15(19-14)18-13-6-4-12(5-7-13)11(2)20/h3-8,10H,1,9H2,2H3,(H2,16,17,18,19). The van der Waals surface area contributed by atoms with E-state index in [1.54, 1.807) is 37.4 Å². The molecule has 0 amide bonds. The molecule has 102 valence electrons. The van der Waals surface area contributed by atoms with Crippen LogP contribution in [-0.2, 0) is 0 Å². The maximum absolute atomic E-state index is 11.2. The summed E-state index contributed by atoms with van der Waals surface area (Å²) in [7, 11) is 0. The average molecular weight is 268 g/mol. The van der Waals surface area contributed by atoms with Crippen molar-refractivity contribution in [3.05, 3.63) is 54.7 Å². The van der Waals surface area contributed by atoms with Crippen molar-refractivity contribution in [2.24, 2.45) is 0 Å². The number of ketones is 1. The van der Waals surface area contributed by atoms with Crippen LogP contribution in [0.4, 0.5) is 17.5 Å². The van der Waals surface area contributed by atoms with Crippen LogP contribution in [0, 0.1) is 0 Å². The number of Topliss-reactive ketones (excluding diaryl/α,β-unsaturated/α-hetero) is 1. The summed E-state index contributed by atoms with van der Waals surface area (Å²) in [6, 6.07) is 8.97. The van der Waals surface area contributed by atoms with Gasteiger partial charge in [-0.2, -0.15) is 4.98 Å². The first kappa shape index (κ1) is 13.7. The molecule has 0 radical (unpaired) electrons. The van der Waals surface area contributed by atoms with E-state index in [4.69, 9.17) is 0 Å². The fraction of sp³-hybridized carbons (Fsp3) is 0.133. The highest BCUT2D eigenvalue weighted by Crippen LogP contribution is 2.15. The van der Waals surface area contributed by atoms with Crippen molar-refractivity contribution in [2.75, 3.05) is 17.2 Å². The number of rotatable bonds is 6. The Morgan fingerprint density at radius 3 is 2.70 bits per heavy atom. The average Bonchev–Trinajstić information content (AvgIpc) is 2.46. The molecule has 5 heteroatoms. The van der Waals surface area contributed by atoms with Crippen molar-refractivity contribution in [1.82, 2.24) is 9.97 Å². The fourth-order valence-corrected chi connectivity index (χ4v) is 1.61. The minimum absolute atomic E-state index is 0.0448. The Balaban J connectivity index is 2.09. The van der Waals surface area contributed by atoms with Crippen LogP contribution in [0.5, 0.6) is 0 Å². The smallest absolute Gasteiger partial charge is 0.229 e. The Morgan fingerprint density at radius 1 is 1.30 bits per heavy atom. The molecule has 0 bridgehead atoms. The van der Waals surface area contributed by atoms with Crippen LogP contribution >= 0.6 is 0 Å². The lowest BCUT2D eigenvalue weighted by Crippen LogP contribution is -2.03. The monoisotopic (exact) mass is 268 g/mol. The second-order valence-corrected chi connectivity index (χ2v) is 4.19. The first-order valence-electron chi connectivity index (χ1n) is 6.25. The quantitative estimate of drug-likeness (QED) is 0.622. The van der Waals surface area contributed by atoms with Gasteiger partial charge in [-0.05, 0) is 37.3 Å². The molecule has 0 spiro atoms. The van der Waals surface area contributed by atoms with E-state index in [1.807, 2.05) is 12.1 Å². The van der Waals surface area contributed by atoms with Crippen LogP contribution < -0.4 is 10.6 Å². The van der Waals surface area contributed by atoms with Crippen molar-refractivity contribution in [1.29, 1.82) is 0 Å². The number of aromatic nitrogens is 2. The molecule has 2 rings (SSSR count). The molecule has 0 aliphatic heterocycles. The van der Waals surface area contributed by atoms with E-state index >= 15 is 0 Å². The molecule has 0 fully saturated rings. The zero-order chi connectivity index (χ0) is 14.4. The number of hydrogen-bond donors (Lipinski definition) is 2. The Morgan fingerprint density at radius 2 is 2.05 bits per heavy atom. The van der Waals surface area contributed by atoms with Gasteiger partial charge in [0.25, 0.3) is 0 Å². The molecule has 0 saturated carbocycles. The molecule has 1 heterocycles. The van der Waals surface area contributed by atoms with Gasteiger partial charge >= 0.3 is 0 Å². The van der Waals surface area contributed by atoms with Gasteiger partial charge in [0, 0.05) is 24.0 Å². The lowest BCUT2D eigenvalue weighted by Gasteiger charge is -2.07. The van der Waals surface area contributed by atoms with Crippen molar-refractivity contribution in [3.8, 4) is 0 Å². The number of carbonyl (C=O) groups is 1. The van der Waals surface area contributed by atoms with Crippen molar-refractivity contribution < 1.29 is 4.79 Å². The van der Waals surface area contributed by atoms with Gasteiger partial charge < -0.3 is 10.6 Å². The van der Waals surface area contributed by atoms with Crippen molar-refractivity contribution in [3.63, 3.8) is 0 Å². The van der Waals surface area contributed by atoms with E-state index in [-0.39, 0.29) is 5.78 Å². The topological polar surface area (TPSA) is 66.9 Å². The van der Waals surface area contributed by atoms with Crippen LogP contribution in [0.3, 0.4) is 0 Å². The number of hydrogen-bond acceptors (Lipinski definition) is 5. The minimum Gasteiger partial charge on any atom is -0.366 e. The number of carbonyl (C=O) groups excluding carboxylic acids is 1. The minimum atomic E-state index is 0.0448. The number of nitrogens with one attached hydrogen (secondary N) is 2. The third-order valence-electron chi connectivity index (χ3n) is 2.63. The van der Waals surface area contributed by atoms with Crippen LogP contribution in [-0.4, -0.2) is 22.3 Å².